The molecule has 436 valence electrons. The van der Waals surface area contributed by atoms with Crippen LogP contribution in [-0.4, -0.2) is 166 Å². The average molecular weight is 1160 g/mol. The molecular weight excluding hydrogens is 1090 g/mol. The van der Waals surface area contributed by atoms with Crippen molar-refractivity contribution >= 4 is 74.1 Å². The van der Waals surface area contributed by atoms with Gasteiger partial charge in [-0.2, -0.15) is 9.97 Å². The number of phenolic OH excluding ortho intramolecular Hbond substituents is 1. The molecule has 18 nitrogen and oxygen atoms in total. The van der Waals surface area contributed by atoms with Gasteiger partial charge in [0, 0.05) is 69.2 Å². The number of nitrogens with one attached hydrogen (secondary N) is 2. The van der Waals surface area contributed by atoms with Crippen LogP contribution in [0.3, 0.4) is 0 Å². The Morgan fingerprint density at radius 2 is 1.71 bits per heavy atom. The number of rotatable bonds is 19. The number of aliphatic hydroxyl groups is 1. The van der Waals surface area contributed by atoms with E-state index in [0.29, 0.717) is 66.8 Å². The Morgan fingerprint density at radius 1 is 0.963 bits per heavy atom. The molecular formula is C61H73ClFN9O9S. The number of fused-ring (bicyclic) bond motifs is 2. The molecule has 82 heavy (non-hydrogen) atoms. The molecule has 0 radical (unpaired) electrons. The highest BCUT2D eigenvalue weighted by atomic mass is 35.5. The van der Waals surface area contributed by atoms with Crippen molar-refractivity contribution in [3.05, 3.63) is 107 Å². The monoisotopic (exact) mass is 1160 g/mol. The van der Waals surface area contributed by atoms with Gasteiger partial charge in [-0.05, 0) is 97.7 Å². The lowest BCUT2D eigenvalue weighted by atomic mass is 9.85. The van der Waals surface area contributed by atoms with E-state index in [1.807, 2.05) is 107 Å². The number of aryl methyl sites for hydroxylation is 1. The van der Waals surface area contributed by atoms with E-state index in [2.05, 4.69) is 32.1 Å². The van der Waals surface area contributed by atoms with Crippen molar-refractivity contribution in [2.75, 3.05) is 70.5 Å². The molecule has 0 unspecified atom stereocenters. The normalized spacial score (nSPS) is 19.3. The van der Waals surface area contributed by atoms with Gasteiger partial charge >= 0.3 is 6.01 Å². The smallest absolute Gasteiger partial charge is 0.319 e. The predicted octanol–water partition coefficient (Wildman–Crippen LogP) is 8.24. The summed E-state index contributed by atoms with van der Waals surface area (Å²) in [5.74, 6) is -1.82. The number of β-amino-alcohol motifs (C(OH)–C–C–N with tert-alkyl or cyclic N) is 1. The Bertz CT molecular complexity index is 3320. The number of aromatic hydroxyl groups is 1. The number of benzene rings is 4. The summed E-state index contributed by atoms with van der Waals surface area (Å²) in [4.78, 5) is 76.2. The molecule has 3 aliphatic heterocycles. The van der Waals surface area contributed by atoms with Gasteiger partial charge in [0.15, 0.2) is 5.82 Å². The van der Waals surface area contributed by atoms with Gasteiger partial charge < -0.3 is 49.8 Å². The molecule has 4 amide bonds. The van der Waals surface area contributed by atoms with Crippen molar-refractivity contribution in [1.82, 2.24) is 40.3 Å². The van der Waals surface area contributed by atoms with E-state index in [0.717, 1.165) is 34.5 Å². The summed E-state index contributed by atoms with van der Waals surface area (Å²) in [6.45, 7) is 20.0. The fourth-order valence-electron chi connectivity index (χ4n) is 11.3. The first-order chi connectivity index (χ1) is 39.2. The first-order valence-corrected chi connectivity index (χ1v) is 29.2. The van der Waals surface area contributed by atoms with E-state index in [1.54, 1.807) is 28.4 Å². The Hall–Kier alpha value is -6.81. The number of aliphatic hydroxyl groups excluding tert-OH is 1. The van der Waals surface area contributed by atoms with Gasteiger partial charge in [-0.25, -0.2) is 9.37 Å². The van der Waals surface area contributed by atoms with Gasteiger partial charge in [0.2, 0.25) is 23.6 Å². The largest absolute Gasteiger partial charge is 0.508 e. The van der Waals surface area contributed by atoms with E-state index in [-0.39, 0.29) is 90.7 Å². The fraction of sp³-hybridized carbons (Fsp3) is 0.459. The first-order valence-electron chi connectivity index (χ1n) is 27.9. The summed E-state index contributed by atoms with van der Waals surface area (Å²) in [6, 6.07) is 17.5. The number of phenols is 1. The molecule has 5 heterocycles. The van der Waals surface area contributed by atoms with E-state index in [9.17, 15) is 29.4 Å². The SMILES string of the molecule is C=CC(=O)N1CCN(c2nc(O[C@H](C)CN3CCC(OCCOCC(=O)N[C@H](C(=O)N4C[C@H](O)C[C@H]4C(=O)N[C@@H](C)c4ccc(-c5scnc5C)cc4)C(C)(C)C)CC3)nc3c(F)c(-c4cc(O)cc5ccccc45)c(Cl)cc23)[C@@H](C)C1. The standard InChI is InChI=1S/C61H73ClFN9O9S/c1-9-51(76)70-22-23-71(35(2)30-70)57-47-29-48(62)52(46-27-42(73)26-41-12-10-11-13-45(41)46)53(63)54(47)67-60(68-57)81-36(3)31-69-20-18-44(19-21-69)80-25-24-79-33-50(75)66-56(61(6,7)8)59(78)72-32-43(74)28-49(72)58(77)65-37(4)39-14-16-40(17-15-39)55-38(5)64-34-82-55/h9-17,26-27,29,34-37,43-44,49,56,73-74H,1,18-25,28,30-33H2,2-8H3,(H,65,77)(H,66,75)/t35-,36+,37-,43+,49-,56+/m0/s1. The van der Waals surface area contributed by atoms with Crippen molar-refractivity contribution in [1.29, 1.82) is 0 Å². The van der Waals surface area contributed by atoms with Crippen molar-refractivity contribution in [3.8, 4) is 33.3 Å². The molecule has 9 rings (SSSR count). The predicted molar refractivity (Wildman–Crippen MR) is 315 cm³/mol. The summed E-state index contributed by atoms with van der Waals surface area (Å²) in [5, 5.41) is 29.2. The number of carbonyl (C=O) groups is 4. The maximum atomic E-state index is 17.3. The number of aromatic nitrogens is 3. The number of carbonyl (C=O) groups excluding carboxylic acids is 4. The minimum atomic E-state index is -1.00. The van der Waals surface area contributed by atoms with Crippen molar-refractivity contribution in [2.24, 2.45) is 5.41 Å². The summed E-state index contributed by atoms with van der Waals surface area (Å²) in [7, 11) is 0. The summed E-state index contributed by atoms with van der Waals surface area (Å²) < 4.78 is 35.6. The number of halogens is 2. The number of piperazine rings is 1. The zero-order valence-corrected chi connectivity index (χ0v) is 49.1. The molecule has 0 spiro atoms. The number of thiazole rings is 1. The number of hydrogen-bond acceptors (Lipinski definition) is 15. The van der Waals surface area contributed by atoms with Crippen LogP contribution in [0.25, 0.3) is 43.2 Å². The number of amides is 4. The van der Waals surface area contributed by atoms with Gasteiger partial charge in [0.25, 0.3) is 0 Å². The second-order valence-corrected chi connectivity index (χ2v) is 24.0. The van der Waals surface area contributed by atoms with Crippen molar-refractivity contribution in [3.63, 3.8) is 0 Å². The first kappa shape index (κ1) is 59.8. The number of piperidine rings is 1. The third-order valence-corrected chi connectivity index (χ3v) is 16.9. The number of anilines is 1. The third-order valence-electron chi connectivity index (χ3n) is 15.6. The van der Waals surface area contributed by atoms with Gasteiger partial charge in [0.1, 0.15) is 41.9 Å². The van der Waals surface area contributed by atoms with Crippen LogP contribution in [0.2, 0.25) is 5.02 Å². The van der Waals surface area contributed by atoms with Crippen LogP contribution >= 0.6 is 22.9 Å². The van der Waals surface area contributed by atoms with E-state index >= 15 is 4.39 Å². The zero-order valence-electron chi connectivity index (χ0n) is 47.5. The maximum absolute atomic E-state index is 17.3. The molecule has 6 aromatic rings. The van der Waals surface area contributed by atoms with Crippen molar-refractivity contribution < 1.29 is 48.0 Å². The lowest BCUT2D eigenvalue weighted by Gasteiger charge is -2.40. The maximum Gasteiger partial charge on any atom is 0.319 e. The van der Waals surface area contributed by atoms with Crippen LogP contribution < -0.4 is 20.3 Å². The Labute approximate surface area is 486 Å². The Kier molecular flexibility index (Phi) is 18.8. The van der Waals surface area contributed by atoms with Gasteiger partial charge in [0.05, 0.1) is 52.6 Å². The summed E-state index contributed by atoms with van der Waals surface area (Å²) in [5.41, 5.74) is 4.45. The van der Waals surface area contributed by atoms with Crippen LogP contribution in [0.4, 0.5) is 10.2 Å². The van der Waals surface area contributed by atoms with Crippen LogP contribution in [0.1, 0.15) is 78.1 Å². The quantitative estimate of drug-likeness (QED) is 0.0445. The number of ether oxygens (including phenoxy) is 3. The lowest BCUT2D eigenvalue weighted by molar-refractivity contribution is -0.144. The molecule has 0 saturated carbocycles. The average Bonchev–Trinajstić information content (AvgIpc) is 2.60. The number of likely N-dealkylation sites (tertiary alicyclic amines) is 2. The molecule has 4 aromatic carbocycles. The summed E-state index contributed by atoms with van der Waals surface area (Å²) in [6.07, 6.45) is 1.48. The lowest BCUT2D eigenvalue weighted by Crippen LogP contribution is -2.58. The molecule has 21 heteroatoms. The van der Waals surface area contributed by atoms with Gasteiger partial charge in [-0.1, -0.05) is 87.5 Å². The highest BCUT2D eigenvalue weighted by Crippen LogP contribution is 2.43. The molecule has 2 aromatic heterocycles. The van der Waals surface area contributed by atoms with E-state index in [1.165, 1.54) is 17.0 Å². The summed E-state index contributed by atoms with van der Waals surface area (Å²) >= 11 is 8.54. The van der Waals surface area contributed by atoms with E-state index in [4.69, 9.17) is 30.8 Å². The van der Waals surface area contributed by atoms with E-state index < -0.39 is 47.3 Å². The molecule has 3 aliphatic rings. The number of hydrogen-bond donors (Lipinski definition) is 4. The topological polar surface area (TPSA) is 212 Å². The second-order valence-electron chi connectivity index (χ2n) is 22.8. The van der Waals surface area contributed by atoms with Crippen LogP contribution in [-0.2, 0) is 28.7 Å². The Morgan fingerprint density at radius 3 is 2.40 bits per heavy atom. The molecule has 3 saturated heterocycles. The minimum absolute atomic E-state index is 0.00464. The number of nitrogens with zero attached hydrogens (tertiary/aromatic N) is 7. The molecule has 0 aliphatic carbocycles. The molecule has 0 bridgehead atoms. The second kappa shape index (κ2) is 25.8. The third kappa shape index (κ3) is 13.6. The fourth-order valence-corrected chi connectivity index (χ4v) is 12.4. The zero-order chi connectivity index (χ0) is 58.6. The Balaban J connectivity index is 0.761. The van der Waals surface area contributed by atoms with Crippen LogP contribution in [0.5, 0.6) is 11.8 Å². The minimum Gasteiger partial charge on any atom is -0.508 e. The molecule has 3 fully saturated rings. The highest BCUT2D eigenvalue weighted by Gasteiger charge is 2.45. The molecule has 4 N–H and O–H groups in total. The van der Waals surface area contributed by atoms with Crippen LogP contribution in [0.15, 0.2) is 84.9 Å². The van der Waals surface area contributed by atoms with Crippen LogP contribution in [0, 0.1) is 18.2 Å². The van der Waals surface area contributed by atoms with Gasteiger partial charge in [-0.3, -0.25) is 24.1 Å². The highest BCUT2D eigenvalue weighted by molar-refractivity contribution is 7.13. The molecule has 6 atom stereocenters. The van der Waals surface area contributed by atoms with Crippen molar-refractivity contribution in [2.45, 2.75) is 110 Å². The van der Waals surface area contributed by atoms with Gasteiger partial charge in [-0.15, -0.1) is 11.3 Å².